The van der Waals surface area contributed by atoms with Crippen molar-refractivity contribution in [2.75, 3.05) is 17.9 Å². The van der Waals surface area contributed by atoms with Crippen molar-refractivity contribution >= 4 is 27.5 Å². The minimum Gasteiger partial charge on any atom is -0.357 e. The van der Waals surface area contributed by atoms with Gasteiger partial charge in [-0.1, -0.05) is 91.0 Å². The van der Waals surface area contributed by atoms with E-state index in [1.807, 2.05) is 67.6 Å². The van der Waals surface area contributed by atoms with E-state index in [1.165, 1.54) is 24.1 Å². The summed E-state index contributed by atoms with van der Waals surface area (Å²) in [6, 6.07) is 31.4. The normalized spacial score (nSPS) is 11.9. The third kappa shape index (κ3) is 7.02. The van der Waals surface area contributed by atoms with Crippen molar-refractivity contribution in [3.05, 3.63) is 131 Å². The number of sulfonamides is 1. The highest BCUT2D eigenvalue weighted by Crippen LogP contribution is 2.27. The van der Waals surface area contributed by atoms with E-state index in [2.05, 4.69) is 5.32 Å². The van der Waals surface area contributed by atoms with E-state index in [0.717, 1.165) is 21.0 Å². The number of carbonyl (C=O) groups is 2. The van der Waals surface area contributed by atoms with E-state index in [9.17, 15) is 18.0 Å². The molecule has 0 aliphatic heterocycles. The Balaban J connectivity index is 1.80. The number of carbonyl (C=O) groups excluding carboxylic acids is 2. The van der Waals surface area contributed by atoms with Crippen molar-refractivity contribution in [1.29, 1.82) is 0 Å². The van der Waals surface area contributed by atoms with E-state index < -0.39 is 28.5 Å². The van der Waals surface area contributed by atoms with Crippen LogP contribution in [0.2, 0.25) is 0 Å². The summed E-state index contributed by atoms with van der Waals surface area (Å²) >= 11 is 0. The quantitative estimate of drug-likeness (QED) is 0.279. The molecule has 1 atom stereocenters. The largest absolute Gasteiger partial charge is 0.357 e. The van der Waals surface area contributed by atoms with Gasteiger partial charge >= 0.3 is 0 Å². The maximum atomic E-state index is 14.3. The molecule has 0 aliphatic carbocycles. The van der Waals surface area contributed by atoms with Gasteiger partial charge in [-0.2, -0.15) is 0 Å². The summed E-state index contributed by atoms with van der Waals surface area (Å²) in [5, 5.41) is 2.71. The van der Waals surface area contributed by atoms with Gasteiger partial charge in [0.2, 0.25) is 11.8 Å². The monoisotopic (exact) mass is 569 g/mol. The van der Waals surface area contributed by atoms with Gasteiger partial charge in [-0.05, 0) is 54.3 Å². The predicted molar refractivity (Wildman–Crippen MR) is 162 cm³/mol. The third-order valence-corrected chi connectivity index (χ3v) is 8.89. The van der Waals surface area contributed by atoms with Crippen LogP contribution >= 0.6 is 0 Å². The summed E-state index contributed by atoms with van der Waals surface area (Å²) in [5.74, 6) is -0.815. The Labute approximate surface area is 242 Å². The molecule has 2 amide bonds. The zero-order chi connectivity index (χ0) is 29.4. The smallest absolute Gasteiger partial charge is 0.264 e. The SMILES string of the molecule is CNC(=O)C(Cc1ccccc1)N(Cc1ccccc1C)C(=O)CN(c1ccccc1C)S(=O)(=O)c1ccccc1. The summed E-state index contributed by atoms with van der Waals surface area (Å²) in [5.41, 5.74) is 3.83. The van der Waals surface area contributed by atoms with Crippen molar-refractivity contribution in [3.8, 4) is 0 Å². The molecule has 4 aromatic rings. The Morgan fingerprint density at radius 3 is 1.93 bits per heavy atom. The fraction of sp³-hybridized carbons (Fsp3) is 0.212. The Morgan fingerprint density at radius 1 is 0.756 bits per heavy atom. The van der Waals surface area contributed by atoms with Crippen LogP contribution in [0.5, 0.6) is 0 Å². The van der Waals surface area contributed by atoms with Gasteiger partial charge in [-0.25, -0.2) is 8.42 Å². The standard InChI is InChI=1S/C33H35N3O4S/c1-25-14-10-12-18-28(25)23-35(31(33(38)34-3)22-27-16-6-4-7-17-27)32(37)24-36(30-21-13-11-15-26(30)2)41(39,40)29-19-8-5-9-20-29/h4-21,31H,22-24H2,1-3H3,(H,34,38). The van der Waals surface area contributed by atoms with Crippen molar-refractivity contribution in [2.24, 2.45) is 0 Å². The second-order valence-corrected chi connectivity index (χ2v) is 11.7. The Morgan fingerprint density at radius 2 is 1.32 bits per heavy atom. The molecule has 0 bridgehead atoms. The molecular weight excluding hydrogens is 534 g/mol. The average molecular weight is 570 g/mol. The fourth-order valence-electron chi connectivity index (χ4n) is 4.77. The number of hydrogen-bond acceptors (Lipinski definition) is 4. The van der Waals surface area contributed by atoms with Crippen molar-refractivity contribution in [1.82, 2.24) is 10.2 Å². The summed E-state index contributed by atoms with van der Waals surface area (Å²) in [6.07, 6.45) is 0.272. The number of nitrogens with one attached hydrogen (secondary N) is 1. The van der Waals surface area contributed by atoms with Crippen LogP contribution in [0.4, 0.5) is 5.69 Å². The molecule has 0 spiro atoms. The first-order valence-corrected chi connectivity index (χ1v) is 14.9. The number of anilines is 1. The van der Waals surface area contributed by atoms with Crippen LogP contribution < -0.4 is 9.62 Å². The Hall–Kier alpha value is -4.43. The molecule has 0 aliphatic rings. The number of hydrogen-bond donors (Lipinski definition) is 1. The highest BCUT2D eigenvalue weighted by molar-refractivity contribution is 7.92. The lowest BCUT2D eigenvalue weighted by Crippen LogP contribution is -2.53. The Bertz CT molecular complexity index is 1590. The van der Waals surface area contributed by atoms with Crippen LogP contribution in [-0.4, -0.2) is 44.8 Å². The zero-order valence-corrected chi connectivity index (χ0v) is 24.3. The highest BCUT2D eigenvalue weighted by atomic mass is 32.2. The van der Waals surface area contributed by atoms with Gasteiger partial charge in [-0.3, -0.25) is 13.9 Å². The van der Waals surface area contributed by atoms with E-state index in [-0.39, 0.29) is 23.8 Å². The molecule has 4 rings (SSSR count). The van der Waals surface area contributed by atoms with Gasteiger partial charge in [-0.15, -0.1) is 0 Å². The van der Waals surface area contributed by atoms with E-state index in [1.54, 1.807) is 43.3 Å². The second kappa shape index (κ2) is 13.3. The van der Waals surface area contributed by atoms with Gasteiger partial charge < -0.3 is 10.2 Å². The number of benzene rings is 4. The molecule has 41 heavy (non-hydrogen) atoms. The summed E-state index contributed by atoms with van der Waals surface area (Å²) < 4.78 is 29.1. The molecule has 0 saturated heterocycles. The number of aryl methyl sites for hydroxylation is 2. The molecule has 0 saturated carbocycles. The van der Waals surface area contributed by atoms with E-state index in [0.29, 0.717) is 11.3 Å². The van der Waals surface area contributed by atoms with Gasteiger partial charge in [0.1, 0.15) is 12.6 Å². The molecule has 1 unspecified atom stereocenters. The number of likely N-dealkylation sites (N-methyl/N-ethyl adjacent to an activating group) is 1. The maximum Gasteiger partial charge on any atom is 0.264 e. The van der Waals surface area contributed by atoms with Crippen LogP contribution in [0.25, 0.3) is 0 Å². The first-order chi connectivity index (χ1) is 19.7. The molecule has 0 heterocycles. The molecule has 0 aromatic heterocycles. The van der Waals surface area contributed by atoms with Crippen LogP contribution in [0.1, 0.15) is 22.3 Å². The van der Waals surface area contributed by atoms with Crippen LogP contribution in [0.3, 0.4) is 0 Å². The lowest BCUT2D eigenvalue weighted by molar-refractivity contribution is -0.139. The summed E-state index contributed by atoms with van der Waals surface area (Å²) in [4.78, 5) is 29.2. The molecule has 212 valence electrons. The lowest BCUT2D eigenvalue weighted by Gasteiger charge is -2.34. The minimum absolute atomic E-state index is 0.0774. The number of nitrogens with zero attached hydrogens (tertiary/aromatic N) is 2. The number of para-hydroxylation sites is 1. The van der Waals surface area contributed by atoms with Crippen molar-refractivity contribution in [2.45, 2.75) is 37.8 Å². The van der Waals surface area contributed by atoms with Crippen LogP contribution in [0.15, 0.2) is 114 Å². The van der Waals surface area contributed by atoms with Crippen molar-refractivity contribution < 1.29 is 18.0 Å². The number of rotatable bonds is 11. The van der Waals surface area contributed by atoms with Gasteiger partial charge in [0.25, 0.3) is 10.0 Å². The summed E-state index contributed by atoms with van der Waals surface area (Å²) in [7, 11) is -2.57. The lowest BCUT2D eigenvalue weighted by atomic mass is 10.0. The predicted octanol–water partition coefficient (Wildman–Crippen LogP) is 4.88. The zero-order valence-electron chi connectivity index (χ0n) is 23.5. The average Bonchev–Trinajstić information content (AvgIpc) is 2.99. The maximum absolute atomic E-state index is 14.3. The molecule has 1 N–H and O–H groups in total. The minimum atomic E-state index is -4.11. The van der Waals surface area contributed by atoms with E-state index in [4.69, 9.17) is 0 Å². The second-order valence-electron chi connectivity index (χ2n) is 9.88. The Kier molecular flexibility index (Phi) is 9.57. The van der Waals surface area contributed by atoms with Gasteiger partial charge in [0.15, 0.2) is 0 Å². The fourth-order valence-corrected chi connectivity index (χ4v) is 6.27. The molecule has 8 heteroatoms. The molecular formula is C33H35N3O4S. The van der Waals surface area contributed by atoms with Gasteiger partial charge in [0, 0.05) is 20.0 Å². The van der Waals surface area contributed by atoms with Crippen molar-refractivity contribution in [3.63, 3.8) is 0 Å². The molecule has 0 fully saturated rings. The highest BCUT2D eigenvalue weighted by Gasteiger charge is 2.34. The topological polar surface area (TPSA) is 86.8 Å². The summed E-state index contributed by atoms with van der Waals surface area (Å²) in [6.45, 7) is 3.42. The van der Waals surface area contributed by atoms with Crippen LogP contribution in [0, 0.1) is 13.8 Å². The molecule has 4 aromatic carbocycles. The molecule has 7 nitrogen and oxygen atoms in total. The van der Waals surface area contributed by atoms with Crippen LogP contribution in [-0.2, 0) is 32.6 Å². The molecule has 0 radical (unpaired) electrons. The first-order valence-electron chi connectivity index (χ1n) is 13.4. The number of amides is 2. The third-order valence-electron chi connectivity index (χ3n) is 7.11. The first kappa shape index (κ1) is 29.6. The van der Waals surface area contributed by atoms with E-state index >= 15 is 0 Å². The van der Waals surface area contributed by atoms with Gasteiger partial charge in [0.05, 0.1) is 10.6 Å².